The molecule has 0 radical (unpaired) electrons. The van der Waals surface area contributed by atoms with Gasteiger partial charge in [-0.25, -0.2) is 0 Å². The minimum absolute atomic E-state index is 0.00116. The molecule has 0 aliphatic heterocycles. The highest BCUT2D eigenvalue weighted by molar-refractivity contribution is 7.87. The quantitative estimate of drug-likeness (QED) is 0.275. The Morgan fingerprint density at radius 1 is 1.03 bits per heavy atom. The summed E-state index contributed by atoms with van der Waals surface area (Å²) in [5.74, 6) is 0.163. The number of anilines is 1. The second-order valence-electron chi connectivity index (χ2n) is 6.84. The molecule has 0 saturated heterocycles. The van der Waals surface area contributed by atoms with Crippen molar-refractivity contribution in [2.45, 2.75) is 11.8 Å². The second-order valence-corrected chi connectivity index (χ2v) is 8.39. The van der Waals surface area contributed by atoms with Crippen LogP contribution in [-0.4, -0.2) is 28.0 Å². The third kappa shape index (κ3) is 6.15. The number of carbonyl (C=O) groups excluding carboxylic acids is 1. The van der Waals surface area contributed by atoms with E-state index in [1.807, 2.05) is 13.0 Å². The number of nitrogens with one attached hydrogen (secondary N) is 1. The fourth-order valence-electron chi connectivity index (χ4n) is 2.91. The lowest BCUT2D eigenvalue weighted by molar-refractivity contribution is -0.112. The maximum absolute atomic E-state index is 12.6. The highest BCUT2D eigenvalue weighted by atomic mass is 32.2. The summed E-state index contributed by atoms with van der Waals surface area (Å²) in [7, 11) is -2.71. The van der Waals surface area contributed by atoms with E-state index >= 15 is 0 Å². The third-order valence-corrected chi connectivity index (χ3v) is 5.77. The summed E-state index contributed by atoms with van der Waals surface area (Å²) < 4.78 is 40.9. The Morgan fingerprint density at radius 2 is 1.74 bits per heavy atom. The minimum Gasteiger partial charge on any atom is -0.494 e. The molecular weight excluding hydrogens is 456 g/mol. The van der Waals surface area contributed by atoms with Crippen molar-refractivity contribution in [2.75, 3.05) is 19.0 Å². The molecule has 1 amide bonds. The van der Waals surface area contributed by atoms with E-state index in [2.05, 4.69) is 5.32 Å². The standard InChI is InChI=1S/C25H22N2O6S/c1-3-32-21-12-10-20(11-13-21)27-25(28)19(17-26)15-18-9-14-23(24(16-18)31-2)33-34(29,30)22-7-5-4-6-8-22/h4-16H,3H2,1-2H3,(H,27,28)/b19-15+. The molecule has 9 heteroatoms. The van der Waals surface area contributed by atoms with Crippen LogP contribution in [0.3, 0.4) is 0 Å². The number of nitriles is 1. The molecule has 0 heterocycles. The van der Waals surface area contributed by atoms with Gasteiger partial charge in [0.2, 0.25) is 0 Å². The van der Waals surface area contributed by atoms with Crippen molar-refractivity contribution in [1.29, 1.82) is 5.26 Å². The predicted octanol–water partition coefficient (Wildman–Crippen LogP) is 4.41. The van der Waals surface area contributed by atoms with Gasteiger partial charge in [-0.3, -0.25) is 4.79 Å². The molecule has 3 aromatic carbocycles. The number of rotatable bonds is 9. The molecule has 0 spiro atoms. The monoisotopic (exact) mass is 478 g/mol. The van der Waals surface area contributed by atoms with Crippen LogP contribution >= 0.6 is 0 Å². The largest absolute Gasteiger partial charge is 0.494 e. The number of ether oxygens (including phenoxy) is 2. The van der Waals surface area contributed by atoms with Gasteiger partial charge < -0.3 is 19.0 Å². The van der Waals surface area contributed by atoms with Gasteiger partial charge in [0.1, 0.15) is 22.3 Å². The molecule has 8 nitrogen and oxygen atoms in total. The summed E-state index contributed by atoms with van der Waals surface area (Å²) in [5.41, 5.74) is 0.795. The average molecular weight is 479 g/mol. The Hall–Kier alpha value is -4.29. The van der Waals surface area contributed by atoms with Gasteiger partial charge >= 0.3 is 10.1 Å². The normalized spacial score (nSPS) is 11.3. The molecule has 0 bridgehead atoms. The van der Waals surface area contributed by atoms with Gasteiger partial charge in [0, 0.05) is 5.69 Å². The molecule has 174 valence electrons. The van der Waals surface area contributed by atoms with Crippen molar-refractivity contribution >= 4 is 27.8 Å². The SMILES string of the molecule is CCOc1ccc(NC(=O)/C(C#N)=C/c2ccc(OS(=O)(=O)c3ccccc3)c(OC)c2)cc1. The molecule has 0 fully saturated rings. The van der Waals surface area contributed by atoms with Crippen molar-refractivity contribution in [3.63, 3.8) is 0 Å². The van der Waals surface area contributed by atoms with E-state index in [9.17, 15) is 18.5 Å². The minimum atomic E-state index is -4.06. The lowest BCUT2D eigenvalue weighted by atomic mass is 10.1. The average Bonchev–Trinajstić information content (AvgIpc) is 2.85. The Balaban J connectivity index is 1.79. The van der Waals surface area contributed by atoms with Gasteiger partial charge in [0.15, 0.2) is 11.5 Å². The van der Waals surface area contributed by atoms with Crippen molar-refractivity contribution in [2.24, 2.45) is 0 Å². The first kappa shape index (κ1) is 24.4. The molecule has 0 unspecified atom stereocenters. The van der Waals surface area contributed by atoms with Crippen LogP contribution in [0.4, 0.5) is 5.69 Å². The molecule has 0 aliphatic rings. The van der Waals surface area contributed by atoms with Gasteiger partial charge in [0.25, 0.3) is 5.91 Å². The van der Waals surface area contributed by atoms with Crippen LogP contribution in [0.1, 0.15) is 12.5 Å². The van der Waals surface area contributed by atoms with Gasteiger partial charge in [-0.2, -0.15) is 13.7 Å². The summed E-state index contributed by atoms with van der Waals surface area (Å²) in [5, 5.41) is 12.1. The first-order chi connectivity index (χ1) is 16.4. The fourth-order valence-corrected chi connectivity index (χ4v) is 3.87. The number of nitrogens with zero attached hydrogens (tertiary/aromatic N) is 1. The number of hydrogen-bond donors (Lipinski definition) is 1. The number of hydrogen-bond acceptors (Lipinski definition) is 7. The topological polar surface area (TPSA) is 115 Å². The van der Waals surface area contributed by atoms with Gasteiger partial charge in [-0.15, -0.1) is 0 Å². The maximum atomic E-state index is 12.6. The van der Waals surface area contributed by atoms with Crippen LogP contribution < -0.4 is 19.0 Å². The number of methoxy groups -OCH3 is 1. The van der Waals surface area contributed by atoms with E-state index in [0.717, 1.165) is 0 Å². The molecule has 0 aliphatic carbocycles. The molecule has 34 heavy (non-hydrogen) atoms. The first-order valence-electron chi connectivity index (χ1n) is 10.2. The Labute approximate surface area is 198 Å². The highest BCUT2D eigenvalue weighted by Crippen LogP contribution is 2.31. The van der Waals surface area contributed by atoms with Crippen LogP contribution in [0.5, 0.6) is 17.2 Å². The zero-order valence-electron chi connectivity index (χ0n) is 18.5. The second kappa shape index (κ2) is 11.0. The van der Waals surface area contributed by atoms with E-state index in [1.54, 1.807) is 42.5 Å². The summed E-state index contributed by atoms with van der Waals surface area (Å²) in [4.78, 5) is 12.6. The smallest absolute Gasteiger partial charge is 0.339 e. The van der Waals surface area contributed by atoms with Gasteiger partial charge in [-0.05, 0) is 67.1 Å². The molecule has 3 rings (SSSR count). The number of carbonyl (C=O) groups is 1. The van der Waals surface area contributed by atoms with Crippen molar-refractivity contribution < 1.29 is 26.9 Å². The van der Waals surface area contributed by atoms with E-state index in [4.69, 9.17) is 13.7 Å². The zero-order chi connectivity index (χ0) is 24.6. The lowest BCUT2D eigenvalue weighted by Gasteiger charge is -2.11. The first-order valence-corrected chi connectivity index (χ1v) is 11.6. The van der Waals surface area contributed by atoms with E-state index in [1.165, 1.54) is 43.5 Å². The molecule has 0 saturated carbocycles. The third-order valence-electron chi connectivity index (χ3n) is 4.52. The Kier molecular flexibility index (Phi) is 7.90. The summed E-state index contributed by atoms with van der Waals surface area (Å²) >= 11 is 0. The van der Waals surface area contributed by atoms with Crippen LogP contribution in [0, 0.1) is 11.3 Å². The molecule has 0 aromatic heterocycles. The zero-order valence-corrected chi connectivity index (χ0v) is 19.3. The van der Waals surface area contributed by atoms with Crippen LogP contribution in [0.2, 0.25) is 0 Å². The van der Waals surface area contributed by atoms with E-state index in [0.29, 0.717) is 23.6 Å². The van der Waals surface area contributed by atoms with Crippen LogP contribution in [0.15, 0.2) is 83.3 Å². The van der Waals surface area contributed by atoms with Crippen LogP contribution in [-0.2, 0) is 14.9 Å². The lowest BCUT2D eigenvalue weighted by Crippen LogP contribution is -2.13. The van der Waals surface area contributed by atoms with Gasteiger partial charge in [-0.1, -0.05) is 24.3 Å². The number of amides is 1. The molecule has 0 atom stereocenters. The maximum Gasteiger partial charge on any atom is 0.339 e. The van der Waals surface area contributed by atoms with E-state index < -0.39 is 16.0 Å². The highest BCUT2D eigenvalue weighted by Gasteiger charge is 2.19. The van der Waals surface area contributed by atoms with Crippen LogP contribution in [0.25, 0.3) is 6.08 Å². The van der Waals surface area contributed by atoms with E-state index in [-0.39, 0.29) is 22.0 Å². The fraction of sp³-hybridized carbons (Fsp3) is 0.120. The number of benzene rings is 3. The summed E-state index contributed by atoms with van der Waals surface area (Å²) in [6, 6.07) is 20.7. The molecule has 3 aromatic rings. The van der Waals surface area contributed by atoms with Crippen molar-refractivity contribution in [1.82, 2.24) is 0 Å². The van der Waals surface area contributed by atoms with Crippen molar-refractivity contribution in [3.05, 3.63) is 83.9 Å². The molecular formula is C25H22N2O6S. The summed E-state index contributed by atoms with van der Waals surface area (Å²) in [6.45, 7) is 2.40. The van der Waals surface area contributed by atoms with Crippen molar-refractivity contribution in [3.8, 4) is 23.3 Å². The Morgan fingerprint density at radius 3 is 2.35 bits per heavy atom. The Bertz CT molecular complexity index is 1330. The predicted molar refractivity (Wildman–Crippen MR) is 127 cm³/mol. The molecule has 1 N–H and O–H groups in total. The van der Waals surface area contributed by atoms with Gasteiger partial charge in [0.05, 0.1) is 13.7 Å². The summed E-state index contributed by atoms with van der Waals surface area (Å²) in [6.07, 6.45) is 1.36.